The highest BCUT2D eigenvalue weighted by atomic mass is 16.5. The second-order valence-corrected chi connectivity index (χ2v) is 9.44. The second kappa shape index (κ2) is 9.70. The van der Waals surface area contributed by atoms with Crippen molar-refractivity contribution in [2.45, 2.75) is 58.9 Å². The van der Waals surface area contributed by atoms with Gasteiger partial charge in [-0.2, -0.15) is 0 Å². The van der Waals surface area contributed by atoms with Crippen LogP contribution < -0.4 is 9.47 Å². The standard InChI is InChI=1S/C25H38N4O2/c1-6-28-10-7-19(15-28)16-31-24-14-22-21(13-23(24)30-5)25(27-18(4)26-22)20-8-11-29(12-9-20)17(2)3/h13-14,17,19-20H,6-12,15-16H2,1-5H3/t19-/m1/s1. The maximum absolute atomic E-state index is 6.26. The van der Waals surface area contributed by atoms with Crippen molar-refractivity contribution in [2.24, 2.45) is 5.92 Å². The summed E-state index contributed by atoms with van der Waals surface area (Å²) in [5.41, 5.74) is 2.14. The second-order valence-electron chi connectivity index (χ2n) is 9.44. The fourth-order valence-corrected chi connectivity index (χ4v) is 5.10. The molecule has 2 aliphatic heterocycles. The number of hydrogen-bond acceptors (Lipinski definition) is 6. The largest absolute Gasteiger partial charge is 0.493 e. The predicted molar refractivity (Wildman–Crippen MR) is 125 cm³/mol. The third kappa shape index (κ3) is 4.96. The lowest BCUT2D eigenvalue weighted by Gasteiger charge is -2.34. The van der Waals surface area contributed by atoms with E-state index in [0.717, 1.165) is 73.9 Å². The van der Waals surface area contributed by atoms with Crippen LogP contribution in [0.2, 0.25) is 0 Å². The number of piperidine rings is 1. The molecule has 4 rings (SSSR count). The molecule has 6 heteroatoms. The quantitative estimate of drug-likeness (QED) is 0.660. The van der Waals surface area contributed by atoms with Crippen LogP contribution in [0, 0.1) is 12.8 Å². The molecule has 0 aliphatic carbocycles. The molecular weight excluding hydrogens is 388 g/mol. The first kappa shape index (κ1) is 22.3. The molecule has 0 bridgehead atoms. The van der Waals surface area contributed by atoms with Gasteiger partial charge in [0.2, 0.25) is 0 Å². The van der Waals surface area contributed by atoms with Gasteiger partial charge in [0.15, 0.2) is 11.5 Å². The van der Waals surface area contributed by atoms with E-state index in [0.29, 0.717) is 17.9 Å². The predicted octanol–water partition coefficient (Wildman–Crippen LogP) is 4.26. The Morgan fingerprint density at radius 2 is 1.84 bits per heavy atom. The SMILES string of the molecule is CCN1CC[C@@H](COc2cc3nc(C)nc(C4CCN(C(C)C)CC4)c3cc2OC)C1. The van der Waals surface area contributed by atoms with E-state index in [1.54, 1.807) is 7.11 Å². The zero-order chi connectivity index (χ0) is 22.0. The summed E-state index contributed by atoms with van der Waals surface area (Å²) in [4.78, 5) is 14.7. The molecule has 1 aromatic heterocycles. The van der Waals surface area contributed by atoms with Crippen molar-refractivity contribution in [3.05, 3.63) is 23.7 Å². The van der Waals surface area contributed by atoms with Gasteiger partial charge in [0.1, 0.15) is 5.82 Å². The molecule has 2 aliphatic rings. The Bertz CT molecular complexity index is 893. The summed E-state index contributed by atoms with van der Waals surface area (Å²) in [6.45, 7) is 15.2. The van der Waals surface area contributed by atoms with Gasteiger partial charge in [-0.05, 0) is 72.3 Å². The third-order valence-electron chi connectivity index (χ3n) is 7.06. The van der Waals surface area contributed by atoms with Crippen molar-refractivity contribution in [2.75, 3.05) is 46.4 Å². The minimum absolute atomic E-state index is 0.467. The Morgan fingerprint density at radius 1 is 1.06 bits per heavy atom. The molecule has 170 valence electrons. The third-order valence-corrected chi connectivity index (χ3v) is 7.06. The first-order valence-electron chi connectivity index (χ1n) is 11.9. The van der Waals surface area contributed by atoms with E-state index < -0.39 is 0 Å². The molecule has 2 saturated heterocycles. The van der Waals surface area contributed by atoms with Crippen molar-refractivity contribution in [3.63, 3.8) is 0 Å². The summed E-state index contributed by atoms with van der Waals surface area (Å²) >= 11 is 0. The van der Waals surface area contributed by atoms with Gasteiger partial charge in [0, 0.05) is 35.9 Å². The molecule has 1 aromatic carbocycles. The Balaban J connectivity index is 1.57. The van der Waals surface area contributed by atoms with Crippen molar-refractivity contribution in [1.82, 2.24) is 19.8 Å². The lowest BCUT2D eigenvalue weighted by molar-refractivity contribution is 0.171. The highest BCUT2D eigenvalue weighted by Crippen LogP contribution is 2.38. The van der Waals surface area contributed by atoms with Crippen molar-refractivity contribution in [3.8, 4) is 11.5 Å². The van der Waals surface area contributed by atoms with Crippen LogP contribution in [0.5, 0.6) is 11.5 Å². The summed E-state index contributed by atoms with van der Waals surface area (Å²) in [5.74, 6) is 3.46. The minimum Gasteiger partial charge on any atom is -0.493 e. The first-order valence-corrected chi connectivity index (χ1v) is 11.9. The smallest absolute Gasteiger partial charge is 0.163 e. The number of aryl methyl sites for hydroxylation is 1. The average molecular weight is 427 g/mol. The van der Waals surface area contributed by atoms with E-state index in [4.69, 9.17) is 19.4 Å². The zero-order valence-electron chi connectivity index (χ0n) is 19.9. The molecule has 0 unspecified atom stereocenters. The number of methoxy groups -OCH3 is 1. The molecule has 0 radical (unpaired) electrons. The highest BCUT2D eigenvalue weighted by molar-refractivity contribution is 5.85. The molecular formula is C25H38N4O2. The van der Waals surface area contributed by atoms with Gasteiger partial charge in [-0.25, -0.2) is 9.97 Å². The van der Waals surface area contributed by atoms with Gasteiger partial charge >= 0.3 is 0 Å². The van der Waals surface area contributed by atoms with Crippen LogP contribution in [0.3, 0.4) is 0 Å². The van der Waals surface area contributed by atoms with Gasteiger partial charge in [0.25, 0.3) is 0 Å². The monoisotopic (exact) mass is 426 g/mol. The Morgan fingerprint density at radius 3 is 2.48 bits per heavy atom. The Hall–Kier alpha value is -1.92. The van der Waals surface area contributed by atoms with Gasteiger partial charge < -0.3 is 19.3 Å². The van der Waals surface area contributed by atoms with E-state index >= 15 is 0 Å². The number of aromatic nitrogens is 2. The molecule has 0 spiro atoms. The van der Waals surface area contributed by atoms with Crippen LogP contribution in [-0.2, 0) is 0 Å². The molecule has 0 amide bonds. The van der Waals surface area contributed by atoms with Crippen molar-refractivity contribution >= 4 is 10.9 Å². The molecule has 2 fully saturated rings. The minimum atomic E-state index is 0.467. The fourth-order valence-electron chi connectivity index (χ4n) is 5.10. The summed E-state index contributed by atoms with van der Waals surface area (Å²) in [6, 6.07) is 4.76. The summed E-state index contributed by atoms with van der Waals surface area (Å²) in [5, 5.41) is 1.11. The molecule has 6 nitrogen and oxygen atoms in total. The van der Waals surface area contributed by atoms with E-state index in [9.17, 15) is 0 Å². The summed E-state index contributed by atoms with van der Waals surface area (Å²) < 4.78 is 12.0. The van der Waals surface area contributed by atoms with Crippen molar-refractivity contribution < 1.29 is 9.47 Å². The fraction of sp³-hybridized carbons (Fsp3) is 0.680. The maximum atomic E-state index is 6.26. The Kier molecular flexibility index (Phi) is 6.97. The average Bonchev–Trinajstić information content (AvgIpc) is 3.24. The van der Waals surface area contributed by atoms with Crippen LogP contribution in [0.25, 0.3) is 10.9 Å². The number of ether oxygens (including phenoxy) is 2. The summed E-state index contributed by atoms with van der Waals surface area (Å²) in [6.07, 6.45) is 3.48. The van der Waals surface area contributed by atoms with Gasteiger partial charge in [-0.1, -0.05) is 6.92 Å². The number of fused-ring (bicyclic) bond motifs is 1. The summed E-state index contributed by atoms with van der Waals surface area (Å²) in [7, 11) is 1.72. The number of hydrogen-bond donors (Lipinski definition) is 0. The molecule has 3 heterocycles. The van der Waals surface area contributed by atoms with Gasteiger partial charge in [-0.15, -0.1) is 0 Å². The maximum Gasteiger partial charge on any atom is 0.163 e. The molecule has 0 N–H and O–H groups in total. The van der Waals surface area contributed by atoms with Crippen LogP contribution >= 0.6 is 0 Å². The lowest BCUT2D eigenvalue weighted by atomic mass is 9.90. The lowest BCUT2D eigenvalue weighted by Crippen LogP contribution is -2.38. The van der Waals surface area contributed by atoms with Crippen LogP contribution in [0.4, 0.5) is 0 Å². The number of likely N-dealkylation sites (tertiary alicyclic amines) is 2. The van der Waals surface area contributed by atoms with Crippen LogP contribution in [0.1, 0.15) is 57.5 Å². The number of nitrogens with zero attached hydrogens (tertiary/aromatic N) is 4. The topological polar surface area (TPSA) is 50.7 Å². The normalized spacial score (nSPS) is 21.3. The van der Waals surface area contributed by atoms with E-state index in [1.165, 1.54) is 18.7 Å². The molecule has 31 heavy (non-hydrogen) atoms. The highest BCUT2D eigenvalue weighted by Gasteiger charge is 2.26. The van der Waals surface area contributed by atoms with Crippen molar-refractivity contribution in [1.29, 1.82) is 0 Å². The molecule has 2 aromatic rings. The van der Waals surface area contributed by atoms with E-state index in [1.807, 2.05) is 6.92 Å². The van der Waals surface area contributed by atoms with Gasteiger partial charge in [0.05, 0.1) is 24.9 Å². The number of rotatable bonds is 7. The van der Waals surface area contributed by atoms with Gasteiger partial charge in [-0.3, -0.25) is 0 Å². The van der Waals surface area contributed by atoms with Crippen LogP contribution in [0.15, 0.2) is 12.1 Å². The number of benzene rings is 1. The first-order chi connectivity index (χ1) is 15.0. The molecule has 1 atom stereocenters. The Labute approximate surface area is 186 Å². The van der Waals surface area contributed by atoms with E-state index in [2.05, 4.69) is 42.7 Å². The zero-order valence-corrected chi connectivity index (χ0v) is 19.9. The van der Waals surface area contributed by atoms with E-state index in [-0.39, 0.29) is 0 Å². The van der Waals surface area contributed by atoms with Crippen LogP contribution in [-0.4, -0.2) is 72.3 Å². The molecule has 0 saturated carbocycles.